The summed E-state index contributed by atoms with van der Waals surface area (Å²) in [6.07, 6.45) is 4.78. The first-order chi connectivity index (χ1) is 9.63. The van der Waals surface area contributed by atoms with Crippen LogP contribution in [-0.2, 0) is 0 Å². The number of likely N-dealkylation sites (tertiary alicyclic amines) is 1. The molecule has 0 radical (unpaired) electrons. The topological polar surface area (TPSA) is 48.1 Å². The van der Waals surface area contributed by atoms with E-state index in [2.05, 4.69) is 10.3 Å². The van der Waals surface area contributed by atoms with Gasteiger partial charge in [-0.15, -0.1) is 0 Å². The molecule has 6 heteroatoms. The van der Waals surface area contributed by atoms with Crippen LogP contribution >= 0.6 is 23.2 Å². The van der Waals surface area contributed by atoms with E-state index in [1.165, 1.54) is 12.8 Å². The molecule has 2 aliphatic rings. The van der Waals surface area contributed by atoms with Gasteiger partial charge in [-0.05, 0) is 44.2 Å². The van der Waals surface area contributed by atoms with E-state index in [1.54, 1.807) is 6.07 Å². The highest BCUT2D eigenvalue weighted by Gasteiger charge is 2.27. The molecule has 1 aromatic heterocycles. The highest BCUT2D eigenvalue weighted by molar-refractivity contribution is 6.41. The summed E-state index contributed by atoms with van der Waals surface area (Å²) in [5.41, 5.74) is 0.476. The quantitative estimate of drug-likeness (QED) is 0.897. The van der Waals surface area contributed by atoms with Crippen LogP contribution < -0.4 is 5.32 Å². The molecular weight excluding hydrogens is 297 g/mol. The van der Waals surface area contributed by atoms with Gasteiger partial charge >= 0.3 is 0 Å². The second-order valence-corrected chi connectivity index (χ2v) is 6.55. The molecule has 1 aliphatic heterocycles. The first-order valence-electron chi connectivity index (χ1n) is 7.20. The SMILES string of the molecule is O=C(c1cc(Cl)c(Cl)[nH]1)N1CCC(NCC2CC2)CC1. The molecule has 110 valence electrons. The van der Waals surface area contributed by atoms with Crippen LogP contribution in [0.25, 0.3) is 0 Å². The third-order valence-corrected chi connectivity index (χ3v) is 4.82. The number of H-pyrrole nitrogens is 1. The Morgan fingerprint density at radius 2 is 2.00 bits per heavy atom. The highest BCUT2D eigenvalue weighted by atomic mass is 35.5. The van der Waals surface area contributed by atoms with Crippen molar-refractivity contribution in [1.29, 1.82) is 0 Å². The molecule has 0 unspecified atom stereocenters. The largest absolute Gasteiger partial charge is 0.340 e. The zero-order valence-corrected chi connectivity index (χ0v) is 12.8. The van der Waals surface area contributed by atoms with Gasteiger partial charge in [0.2, 0.25) is 0 Å². The zero-order valence-electron chi connectivity index (χ0n) is 11.3. The van der Waals surface area contributed by atoms with Crippen LogP contribution in [0.1, 0.15) is 36.2 Å². The van der Waals surface area contributed by atoms with Gasteiger partial charge in [0.05, 0.1) is 5.02 Å². The lowest BCUT2D eigenvalue weighted by molar-refractivity contribution is 0.0699. The van der Waals surface area contributed by atoms with Crippen molar-refractivity contribution in [2.24, 2.45) is 5.92 Å². The van der Waals surface area contributed by atoms with E-state index in [-0.39, 0.29) is 5.91 Å². The minimum atomic E-state index is -0.0144. The van der Waals surface area contributed by atoms with Crippen LogP contribution in [-0.4, -0.2) is 41.5 Å². The minimum Gasteiger partial charge on any atom is -0.340 e. The number of hydrogen-bond donors (Lipinski definition) is 2. The number of nitrogens with zero attached hydrogens (tertiary/aromatic N) is 1. The Morgan fingerprint density at radius 1 is 1.30 bits per heavy atom. The average Bonchev–Trinajstić information content (AvgIpc) is 3.22. The summed E-state index contributed by atoms with van der Waals surface area (Å²) in [4.78, 5) is 17.0. The van der Waals surface area contributed by atoms with E-state index in [0.29, 0.717) is 21.9 Å². The van der Waals surface area contributed by atoms with Gasteiger partial charge in [0.15, 0.2) is 0 Å². The van der Waals surface area contributed by atoms with E-state index in [4.69, 9.17) is 23.2 Å². The summed E-state index contributed by atoms with van der Waals surface area (Å²) < 4.78 is 0. The predicted octanol–water partition coefficient (Wildman–Crippen LogP) is 2.93. The van der Waals surface area contributed by atoms with Crippen molar-refractivity contribution in [2.45, 2.75) is 31.7 Å². The van der Waals surface area contributed by atoms with Crippen molar-refractivity contribution >= 4 is 29.1 Å². The Hall–Kier alpha value is -0.710. The van der Waals surface area contributed by atoms with Gasteiger partial charge in [-0.25, -0.2) is 0 Å². The summed E-state index contributed by atoms with van der Waals surface area (Å²) in [6, 6.07) is 2.15. The molecule has 2 N–H and O–H groups in total. The van der Waals surface area contributed by atoms with E-state index in [1.807, 2.05) is 4.90 Å². The predicted molar refractivity (Wildman–Crippen MR) is 80.5 cm³/mol. The third-order valence-electron chi connectivity index (χ3n) is 4.13. The van der Waals surface area contributed by atoms with Crippen molar-refractivity contribution in [3.8, 4) is 0 Å². The number of aromatic amines is 1. The molecule has 0 aromatic carbocycles. The number of rotatable bonds is 4. The lowest BCUT2D eigenvalue weighted by atomic mass is 10.0. The number of amides is 1. The Bertz CT molecular complexity index is 471. The number of piperidine rings is 1. The maximum atomic E-state index is 12.3. The van der Waals surface area contributed by atoms with Crippen molar-refractivity contribution in [3.63, 3.8) is 0 Å². The molecule has 1 saturated heterocycles. The maximum absolute atomic E-state index is 12.3. The van der Waals surface area contributed by atoms with Gasteiger partial charge in [-0.3, -0.25) is 4.79 Å². The second-order valence-electron chi connectivity index (χ2n) is 5.76. The molecule has 1 saturated carbocycles. The van der Waals surface area contributed by atoms with Crippen molar-refractivity contribution in [1.82, 2.24) is 15.2 Å². The summed E-state index contributed by atoms with van der Waals surface area (Å²) in [6.45, 7) is 2.71. The van der Waals surface area contributed by atoms with Crippen LogP contribution in [0.4, 0.5) is 0 Å². The number of halogens is 2. The lowest BCUT2D eigenvalue weighted by Crippen LogP contribution is -2.45. The Labute approximate surface area is 128 Å². The molecule has 1 aliphatic carbocycles. The fourth-order valence-corrected chi connectivity index (χ4v) is 2.94. The molecule has 20 heavy (non-hydrogen) atoms. The normalized spacial score (nSPS) is 20.4. The van der Waals surface area contributed by atoms with Gasteiger partial charge in [-0.1, -0.05) is 23.2 Å². The monoisotopic (exact) mass is 315 g/mol. The van der Waals surface area contributed by atoms with Crippen LogP contribution in [0.5, 0.6) is 0 Å². The van der Waals surface area contributed by atoms with Crippen molar-refractivity contribution in [2.75, 3.05) is 19.6 Å². The number of hydrogen-bond acceptors (Lipinski definition) is 2. The summed E-state index contributed by atoms with van der Waals surface area (Å²) in [7, 11) is 0. The number of nitrogens with one attached hydrogen (secondary N) is 2. The van der Waals surface area contributed by atoms with Crippen LogP contribution in [0.15, 0.2) is 6.07 Å². The maximum Gasteiger partial charge on any atom is 0.270 e. The molecule has 0 spiro atoms. The molecule has 1 amide bonds. The van der Waals surface area contributed by atoms with Crippen LogP contribution in [0, 0.1) is 5.92 Å². The van der Waals surface area contributed by atoms with Gasteiger partial charge in [0, 0.05) is 19.1 Å². The molecule has 3 rings (SSSR count). The molecule has 0 bridgehead atoms. The molecule has 0 atom stereocenters. The molecule has 4 nitrogen and oxygen atoms in total. The van der Waals surface area contributed by atoms with Crippen molar-refractivity contribution < 1.29 is 4.79 Å². The van der Waals surface area contributed by atoms with Crippen LogP contribution in [0.3, 0.4) is 0 Å². The Kier molecular flexibility index (Phi) is 4.24. The second kappa shape index (κ2) is 5.96. The average molecular weight is 316 g/mol. The summed E-state index contributed by atoms with van der Waals surface area (Å²) >= 11 is 11.7. The fraction of sp³-hybridized carbons (Fsp3) is 0.643. The van der Waals surface area contributed by atoms with Gasteiger partial charge in [-0.2, -0.15) is 0 Å². The summed E-state index contributed by atoms with van der Waals surface area (Å²) in [5, 5.41) is 4.34. The number of carbonyl (C=O) groups is 1. The van der Waals surface area contributed by atoms with E-state index >= 15 is 0 Å². The van der Waals surface area contributed by atoms with Gasteiger partial charge in [0.25, 0.3) is 5.91 Å². The summed E-state index contributed by atoms with van der Waals surface area (Å²) in [5.74, 6) is 0.886. The van der Waals surface area contributed by atoms with Crippen LogP contribution in [0.2, 0.25) is 10.2 Å². The third kappa shape index (κ3) is 3.30. The highest BCUT2D eigenvalue weighted by Crippen LogP contribution is 2.28. The first-order valence-corrected chi connectivity index (χ1v) is 7.95. The zero-order chi connectivity index (χ0) is 14.1. The number of carbonyl (C=O) groups excluding carboxylic acids is 1. The van der Waals surface area contributed by atoms with Gasteiger partial charge < -0.3 is 15.2 Å². The molecular formula is C14H19Cl2N3O. The molecule has 2 fully saturated rings. The van der Waals surface area contributed by atoms with Crippen molar-refractivity contribution in [3.05, 3.63) is 21.9 Å². The van der Waals surface area contributed by atoms with Gasteiger partial charge in [0.1, 0.15) is 10.8 Å². The first kappa shape index (κ1) is 14.2. The number of aromatic nitrogens is 1. The van der Waals surface area contributed by atoms with E-state index in [0.717, 1.165) is 38.4 Å². The Balaban J connectivity index is 1.50. The smallest absolute Gasteiger partial charge is 0.270 e. The fourth-order valence-electron chi connectivity index (χ4n) is 2.63. The Morgan fingerprint density at radius 3 is 2.55 bits per heavy atom. The lowest BCUT2D eigenvalue weighted by Gasteiger charge is -2.32. The van der Waals surface area contributed by atoms with E-state index in [9.17, 15) is 4.79 Å². The molecule has 2 heterocycles. The molecule has 1 aromatic rings. The standard InChI is InChI=1S/C14H19Cl2N3O/c15-11-7-12(18-13(11)16)14(20)19-5-3-10(4-6-19)17-8-9-1-2-9/h7,9-10,17-18H,1-6,8H2. The van der Waals surface area contributed by atoms with E-state index < -0.39 is 0 Å². The minimum absolute atomic E-state index is 0.0144.